The molecule has 0 aliphatic heterocycles. The predicted molar refractivity (Wildman–Crippen MR) is 125 cm³/mol. The van der Waals surface area contributed by atoms with Crippen LogP contribution in [0.3, 0.4) is 0 Å². The first-order valence-corrected chi connectivity index (χ1v) is 12.3. The highest BCUT2D eigenvalue weighted by atomic mass is 35.5. The fraction of sp³-hybridized carbons (Fsp3) is 0.143. The van der Waals surface area contributed by atoms with Crippen LogP contribution in [0.1, 0.15) is 10.4 Å². The summed E-state index contributed by atoms with van der Waals surface area (Å²) in [5.41, 5.74) is -0.454. The molecule has 2 aromatic carbocycles. The molecule has 1 amide bonds. The summed E-state index contributed by atoms with van der Waals surface area (Å²) in [7, 11) is -1.58. The summed E-state index contributed by atoms with van der Waals surface area (Å²) in [5.74, 6) is -0.969. The quantitative estimate of drug-likeness (QED) is 0.258. The number of anilines is 1. The van der Waals surface area contributed by atoms with Gasteiger partial charge in [0.1, 0.15) is 5.75 Å². The van der Waals surface area contributed by atoms with Gasteiger partial charge in [-0.3, -0.25) is 9.59 Å². The Labute approximate surface area is 203 Å². The Hall–Kier alpha value is -3.35. The molecule has 0 aliphatic carbocycles. The Morgan fingerprint density at radius 2 is 1.91 bits per heavy atom. The number of carbonyl (C=O) groups excluding carboxylic acids is 2. The number of nitrogens with one attached hydrogen (secondary N) is 2. The average molecular weight is 524 g/mol. The number of H-pyrrole nitrogens is 1. The lowest BCUT2D eigenvalue weighted by molar-refractivity contribution is -0.113. The minimum atomic E-state index is -4.20. The van der Waals surface area contributed by atoms with Crippen molar-refractivity contribution in [3.63, 3.8) is 0 Å². The molecule has 0 unspecified atom stereocenters. The zero-order chi connectivity index (χ0) is 24.9. The van der Waals surface area contributed by atoms with E-state index in [0.717, 1.165) is 18.0 Å². The molecule has 13 heteroatoms. The zero-order valence-corrected chi connectivity index (χ0v) is 20.2. The van der Waals surface area contributed by atoms with E-state index >= 15 is 0 Å². The summed E-state index contributed by atoms with van der Waals surface area (Å²) in [6.07, 6.45) is 0.916. The second-order valence-corrected chi connectivity index (χ2v) is 9.84. The van der Waals surface area contributed by atoms with Crippen molar-refractivity contribution < 1.29 is 27.5 Å². The number of methoxy groups -OCH3 is 2. The van der Waals surface area contributed by atoms with Gasteiger partial charge in [0, 0.05) is 0 Å². The van der Waals surface area contributed by atoms with Crippen molar-refractivity contribution in [2.75, 3.05) is 25.3 Å². The Kier molecular flexibility index (Phi) is 7.97. The van der Waals surface area contributed by atoms with Crippen molar-refractivity contribution in [3.05, 3.63) is 69.6 Å². The molecular formula is C21H18ClN3O7S2. The van der Waals surface area contributed by atoms with Gasteiger partial charge in [-0.25, -0.2) is 18.2 Å². The SMILES string of the molecule is COC(=O)c1ccccc1NC(=O)CSc1ncc(S(=O)(=O)c2ccc(OC)c(Cl)c2)c(=O)[nH]1. The van der Waals surface area contributed by atoms with Gasteiger partial charge in [0.15, 0.2) is 10.1 Å². The number of sulfone groups is 1. The molecule has 0 saturated heterocycles. The molecule has 0 atom stereocenters. The van der Waals surface area contributed by atoms with Crippen molar-refractivity contribution in [1.29, 1.82) is 0 Å². The molecule has 0 aliphatic rings. The molecule has 10 nitrogen and oxygen atoms in total. The van der Waals surface area contributed by atoms with E-state index in [-0.39, 0.29) is 37.8 Å². The first-order chi connectivity index (χ1) is 16.2. The molecule has 0 bridgehead atoms. The van der Waals surface area contributed by atoms with Crippen LogP contribution in [0.15, 0.2) is 68.4 Å². The maximum Gasteiger partial charge on any atom is 0.339 e. The molecule has 178 valence electrons. The average Bonchev–Trinajstić information content (AvgIpc) is 2.82. The predicted octanol–water partition coefficient (Wildman–Crippen LogP) is 2.78. The molecule has 3 rings (SSSR count). The van der Waals surface area contributed by atoms with E-state index in [9.17, 15) is 22.8 Å². The van der Waals surface area contributed by atoms with Crippen LogP contribution >= 0.6 is 23.4 Å². The molecule has 1 heterocycles. The Balaban J connectivity index is 1.73. The van der Waals surface area contributed by atoms with Crippen LogP contribution in [-0.4, -0.2) is 50.2 Å². The number of amides is 1. The van der Waals surface area contributed by atoms with E-state index in [4.69, 9.17) is 16.3 Å². The fourth-order valence-electron chi connectivity index (χ4n) is 2.77. The lowest BCUT2D eigenvalue weighted by Crippen LogP contribution is -2.20. The van der Waals surface area contributed by atoms with E-state index in [1.807, 2.05) is 0 Å². The zero-order valence-electron chi connectivity index (χ0n) is 17.8. The molecule has 2 N–H and O–H groups in total. The van der Waals surface area contributed by atoms with E-state index in [2.05, 4.69) is 20.0 Å². The minimum Gasteiger partial charge on any atom is -0.495 e. The number of nitrogens with zero attached hydrogens (tertiary/aromatic N) is 1. The van der Waals surface area contributed by atoms with Gasteiger partial charge in [0.25, 0.3) is 5.56 Å². The van der Waals surface area contributed by atoms with Crippen LogP contribution in [0, 0.1) is 0 Å². The first-order valence-electron chi connectivity index (χ1n) is 9.45. The van der Waals surface area contributed by atoms with Gasteiger partial charge in [0.05, 0.1) is 47.3 Å². The second-order valence-electron chi connectivity index (χ2n) is 6.56. The summed E-state index contributed by atoms with van der Waals surface area (Å²) in [4.78, 5) is 42.1. The molecule has 1 aromatic heterocycles. The van der Waals surface area contributed by atoms with Crippen molar-refractivity contribution in [3.8, 4) is 5.75 Å². The summed E-state index contributed by atoms with van der Waals surface area (Å²) < 4.78 is 35.3. The normalized spacial score (nSPS) is 11.0. The number of aromatic nitrogens is 2. The van der Waals surface area contributed by atoms with Crippen LogP contribution in [0.4, 0.5) is 5.69 Å². The molecule has 3 aromatic rings. The van der Waals surface area contributed by atoms with Crippen molar-refractivity contribution in [2.45, 2.75) is 14.9 Å². The van der Waals surface area contributed by atoms with Gasteiger partial charge in [-0.2, -0.15) is 0 Å². The van der Waals surface area contributed by atoms with Crippen molar-refractivity contribution >= 4 is 50.8 Å². The number of hydrogen-bond acceptors (Lipinski definition) is 9. The van der Waals surface area contributed by atoms with Gasteiger partial charge in [-0.1, -0.05) is 35.5 Å². The lowest BCUT2D eigenvalue weighted by Gasteiger charge is -2.09. The number of carbonyl (C=O) groups is 2. The number of esters is 1. The van der Waals surface area contributed by atoms with Gasteiger partial charge >= 0.3 is 5.97 Å². The molecule has 0 spiro atoms. The topological polar surface area (TPSA) is 145 Å². The van der Waals surface area contributed by atoms with E-state index in [0.29, 0.717) is 0 Å². The summed E-state index contributed by atoms with van der Waals surface area (Å²) in [6.45, 7) is 0. The highest BCUT2D eigenvalue weighted by molar-refractivity contribution is 7.99. The molecule has 0 radical (unpaired) electrons. The Morgan fingerprint density at radius 1 is 1.18 bits per heavy atom. The van der Waals surface area contributed by atoms with Crippen LogP contribution in [0.5, 0.6) is 5.75 Å². The Morgan fingerprint density at radius 3 is 2.56 bits per heavy atom. The highest BCUT2D eigenvalue weighted by Gasteiger charge is 2.23. The summed E-state index contributed by atoms with van der Waals surface area (Å²) in [5, 5.41) is 2.69. The van der Waals surface area contributed by atoms with E-state index in [1.165, 1.54) is 38.5 Å². The van der Waals surface area contributed by atoms with Gasteiger partial charge in [-0.05, 0) is 30.3 Å². The maximum atomic E-state index is 12.8. The van der Waals surface area contributed by atoms with Crippen LogP contribution in [-0.2, 0) is 19.4 Å². The maximum absolute atomic E-state index is 12.8. The first kappa shape index (κ1) is 25.3. The number of hydrogen-bond donors (Lipinski definition) is 2. The van der Waals surface area contributed by atoms with Gasteiger partial charge < -0.3 is 19.8 Å². The van der Waals surface area contributed by atoms with Gasteiger partial charge in [-0.15, -0.1) is 0 Å². The number of aromatic amines is 1. The number of para-hydroxylation sites is 1. The Bertz CT molecular complexity index is 1410. The standard InChI is InChI=1S/C21H18ClN3O7S2/c1-31-16-8-7-12(9-14(16)22)34(29,30)17-10-23-21(25-19(17)27)33-11-18(26)24-15-6-4-3-5-13(15)20(28)32-2/h3-10H,11H2,1-2H3,(H,24,26)(H,23,25,27). The number of thioether (sulfide) groups is 1. The largest absolute Gasteiger partial charge is 0.495 e. The number of ether oxygens (including phenoxy) is 2. The van der Waals surface area contributed by atoms with Crippen LogP contribution in [0.2, 0.25) is 5.02 Å². The third-order valence-electron chi connectivity index (χ3n) is 4.41. The molecular weight excluding hydrogens is 506 g/mol. The minimum absolute atomic E-state index is 0.0353. The number of rotatable bonds is 8. The van der Waals surface area contributed by atoms with Crippen molar-refractivity contribution in [2.24, 2.45) is 0 Å². The summed E-state index contributed by atoms with van der Waals surface area (Å²) in [6, 6.07) is 10.1. The van der Waals surface area contributed by atoms with Crippen LogP contribution in [0.25, 0.3) is 0 Å². The monoisotopic (exact) mass is 523 g/mol. The van der Waals surface area contributed by atoms with Crippen molar-refractivity contribution in [1.82, 2.24) is 9.97 Å². The number of halogens is 1. The second kappa shape index (κ2) is 10.7. The molecule has 34 heavy (non-hydrogen) atoms. The lowest BCUT2D eigenvalue weighted by atomic mass is 10.2. The van der Waals surface area contributed by atoms with E-state index < -0.39 is 32.2 Å². The molecule has 0 fully saturated rings. The number of benzene rings is 2. The highest BCUT2D eigenvalue weighted by Crippen LogP contribution is 2.29. The van der Waals surface area contributed by atoms with E-state index in [1.54, 1.807) is 18.2 Å². The third-order valence-corrected chi connectivity index (χ3v) is 7.34. The van der Waals surface area contributed by atoms with Crippen LogP contribution < -0.4 is 15.6 Å². The smallest absolute Gasteiger partial charge is 0.339 e. The van der Waals surface area contributed by atoms with Gasteiger partial charge in [0.2, 0.25) is 15.7 Å². The third kappa shape index (κ3) is 5.58. The molecule has 0 saturated carbocycles. The summed E-state index contributed by atoms with van der Waals surface area (Å²) >= 11 is 6.87. The fourth-order valence-corrected chi connectivity index (χ4v) is 4.99.